The summed E-state index contributed by atoms with van der Waals surface area (Å²) in [6.07, 6.45) is 4.52. The maximum atomic E-state index is 11.6. The molecular formula is C21H23N5O. The largest absolute Gasteiger partial charge is 0.365 e. The molecule has 0 aliphatic carbocycles. The minimum atomic E-state index is -0.432. The van der Waals surface area contributed by atoms with E-state index in [2.05, 4.69) is 50.4 Å². The zero-order valence-corrected chi connectivity index (χ0v) is 15.1. The number of hydrogen-bond acceptors (Lipinski definition) is 4. The first-order valence-corrected chi connectivity index (χ1v) is 9.28. The van der Waals surface area contributed by atoms with Gasteiger partial charge in [0, 0.05) is 37.3 Å². The van der Waals surface area contributed by atoms with Crippen molar-refractivity contribution in [2.24, 2.45) is 5.73 Å². The number of nitrogens with zero attached hydrogens (tertiary/aromatic N) is 3. The third-order valence-electron chi connectivity index (χ3n) is 5.15. The molecule has 6 heteroatoms. The van der Waals surface area contributed by atoms with E-state index in [4.69, 9.17) is 5.73 Å². The van der Waals surface area contributed by atoms with Crippen molar-refractivity contribution in [3.8, 4) is 0 Å². The number of aromatic nitrogens is 3. The monoisotopic (exact) mass is 361 g/mol. The Hall–Kier alpha value is -3.15. The van der Waals surface area contributed by atoms with E-state index in [9.17, 15) is 4.79 Å². The Labute approximate surface area is 158 Å². The van der Waals surface area contributed by atoms with Crippen LogP contribution in [-0.4, -0.2) is 34.2 Å². The van der Waals surface area contributed by atoms with Gasteiger partial charge in [0.05, 0.1) is 11.3 Å². The number of amides is 1. The average Bonchev–Trinajstić information content (AvgIpc) is 3.17. The summed E-state index contributed by atoms with van der Waals surface area (Å²) in [4.78, 5) is 18.2. The number of rotatable bonds is 5. The number of nitrogens with two attached hydrogens (primary N) is 1. The minimum absolute atomic E-state index is 0.419. The summed E-state index contributed by atoms with van der Waals surface area (Å²) < 4.78 is 0. The molecule has 4 rings (SSSR count). The molecule has 3 heterocycles. The van der Waals surface area contributed by atoms with Crippen LogP contribution in [0.1, 0.15) is 46.1 Å². The molecule has 0 radical (unpaired) electrons. The quantitative estimate of drug-likeness (QED) is 0.731. The molecular weight excluding hydrogens is 338 g/mol. The Morgan fingerprint density at radius 3 is 2.67 bits per heavy atom. The third kappa shape index (κ3) is 3.84. The lowest BCUT2D eigenvalue weighted by molar-refractivity contribution is 0.100. The summed E-state index contributed by atoms with van der Waals surface area (Å²) in [6.45, 7) is 1.67. The van der Waals surface area contributed by atoms with Gasteiger partial charge in [-0.25, -0.2) is 4.98 Å². The van der Waals surface area contributed by atoms with Crippen molar-refractivity contribution in [1.29, 1.82) is 0 Å². The number of anilines is 1. The van der Waals surface area contributed by atoms with E-state index < -0.39 is 5.91 Å². The van der Waals surface area contributed by atoms with E-state index >= 15 is 0 Å². The molecule has 1 saturated heterocycles. The van der Waals surface area contributed by atoms with Crippen LogP contribution in [0.15, 0.2) is 54.7 Å². The highest BCUT2D eigenvalue weighted by molar-refractivity contribution is 5.97. The predicted octanol–water partition coefficient (Wildman–Crippen LogP) is 2.88. The van der Waals surface area contributed by atoms with Gasteiger partial charge in [-0.1, -0.05) is 30.3 Å². The fourth-order valence-corrected chi connectivity index (χ4v) is 3.72. The average molecular weight is 361 g/mol. The number of nitrogens with one attached hydrogen (secondary N) is 1. The number of aromatic amines is 1. The smallest absolute Gasteiger partial charge is 0.252 e. The first kappa shape index (κ1) is 17.3. The van der Waals surface area contributed by atoms with Gasteiger partial charge in [-0.05, 0) is 36.6 Å². The molecule has 0 bridgehead atoms. The summed E-state index contributed by atoms with van der Waals surface area (Å²) >= 11 is 0. The lowest BCUT2D eigenvalue weighted by atomic mass is 9.93. The summed E-state index contributed by atoms with van der Waals surface area (Å²) in [5, 5.41) is 7.73. The van der Waals surface area contributed by atoms with Crippen LogP contribution in [0.3, 0.4) is 0 Å². The second-order valence-electron chi connectivity index (χ2n) is 6.98. The molecule has 1 fully saturated rings. The normalized spacial score (nSPS) is 15.0. The van der Waals surface area contributed by atoms with Crippen molar-refractivity contribution in [2.45, 2.75) is 25.2 Å². The molecule has 0 unspecified atom stereocenters. The number of pyridine rings is 1. The van der Waals surface area contributed by atoms with Crippen molar-refractivity contribution in [2.75, 3.05) is 18.0 Å². The number of benzene rings is 1. The zero-order chi connectivity index (χ0) is 18.6. The number of primary amides is 1. The van der Waals surface area contributed by atoms with Gasteiger partial charge in [-0.15, -0.1) is 0 Å². The van der Waals surface area contributed by atoms with E-state index in [1.807, 2.05) is 6.07 Å². The second-order valence-corrected chi connectivity index (χ2v) is 6.98. The molecule has 1 aromatic carbocycles. The number of H-pyrrole nitrogens is 1. The minimum Gasteiger partial charge on any atom is -0.365 e. The first-order valence-electron chi connectivity index (χ1n) is 9.28. The van der Waals surface area contributed by atoms with Crippen molar-refractivity contribution in [3.63, 3.8) is 0 Å². The summed E-state index contributed by atoms with van der Waals surface area (Å²) in [6, 6.07) is 16.1. The van der Waals surface area contributed by atoms with Crippen LogP contribution in [0, 0.1) is 0 Å². The number of carbonyl (C=O) groups is 1. The van der Waals surface area contributed by atoms with Crippen molar-refractivity contribution in [3.05, 3.63) is 77.2 Å². The van der Waals surface area contributed by atoms with Crippen molar-refractivity contribution >= 4 is 11.7 Å². The maximum Gasteiger partial charge on any atom is 0.252 e. The molecule has 27 heavy (non-hydrogen) atoms. The predicted molar refractivity (Wildman–Crippen MR) is 105 cm³/mol. The number of hydrogen-bond donors (Lipinski definition) is 2. The Morgan fingerprint density at radius 1 is 1.15 bits per heavy atom. The molecule has 138 valence electrons. The topological polar surface area (TPSA) is 87.9 Å². The molecule has 0 saturated carbocycles. The molecule has 1 aliphatic rings. The molecule has 0 atom stereocenters. The van der Waals surface area contributed by atoms with E-state index in [0.29, 0.717) is 17.3 Å². The van der Waals surface area contributed by atoms with Gasteiger partial charge in [0.2, 0.25) is 0 Å². The van der Waals surface area contributed by atoms with Crippen LogP contribution in [0.4, 0.5) is 5.82 Å². The van der Waals surface area contributed by atoms with E-state index in [-0.39, 0.29) is 0 Å². The van der Waals surface area contributed by atoms with E-state index in [0.717, 1.165) is 43.7 Å². The van der Waals surface area contributed by atoms with Gasteiger partial charge in [-0.2, -0.15) is 5.10 Å². The molecule has 3 aromatic rings. The van der Waals surface area contributed by atoms with Crippen LogP contribution in [0.25, 0.3) is 0 Å². The van der Waals surface area contributed by atoms with Gasteiger partial charge in [0.1, 0.15) is 5.82 Å². The molecule has 1 aliphatic heterocycles. The third-order valence-corrected chi connectivity index (χ3v) is 5.15. The SMILES string of the molecule is NC(=O)c1cccnc1N1CCC(c2cc(Cc3ccccc3)[nH]n2)CC1. The van der Waals surface area contributed by atoms with E-state index in [1.165, 1.54) is 5.56 Å². The van der Waals surface area contributed by atoms with Gasteiger partial charge >= 0.3 is 0 Å². The van der Waals surface area contributed by atoms with Crippen LogP contribution in [0.2, 0.25) is 0 Å². The lowest BCUT2D eigenvalue weighted by Gasteiger charge is -2.32. The lowest BCUT2D eigenvalue weighted by Crippen LogP contribution is -2.35. The molecule has 2 aromatic heterocycles. The highest BCUT2D eigenvalue weighted by Crippen LogP contribution is 2.30. The first-order chi connectivity index (χ1) is 13.2. The summed E-state index contributed by atoms with van der Waals surface area (Å²) in [7, 11) is 0. The fraction of sp³-hybridized carbons (Fsp3) is 0.286. The summed E-state index contributed by atoms with van der Waals surface area (Å²) in [5.74, 6) is 0.677. The second kappa shape index (κ2) is 7.61. The fourth-order valence-electron chi connectivity index (χ4n) is 3.72. The maximum absolute atomic E-state index is 11.6. The van der Waals surface area contributed by atoms with Gasteiger partial charge in [-0.3, -0.25) is 9.89 Å². The van der Waals surface area contributed by atoms with Gasteiger partial charge < -0.3 is 10.6 Å². The number of carbonyl (C=O) groups excluding carboxylic acids is 1. The van der Waals surface area contributed by atoms with E-state index in [1.54, 1.807) is 18.3 Å². The van der Waals surface area contributed by atoms with Crippen LogP contribution >= 0.6 is 0 Å². The standard InChI is InChI=1S/C21H23N5O/c22-20(27)18-7-4-10-23-21(18)26-11-8-16(9-12-26)19-14-17(24-25-19)13-15-5-2-1-3-6-15/h1-7,10,14,16H,8-9,11-13H2,(H2,22,27)(H,24,25). The van der Waals surface area contributed by atoms with Crippen LogP contribution < -0.4 is 10.6 Å². The molecule has 1 amide bonds. The Bertz CT molecular complexity index is 913. The van der Waals surface area contributed by atoms with Crippen molar-refractivity contribution < 1.29 is 4.79 Å². The van der Waals surface area contributed by atoms with Crippen molar-refractivity contribution in [1.82, 2.24) is 15.2 Å². The molecule has 6 nitrogen and oxygen atoms in total. The Balaban J connectivity index is 1.41. The van der Waals surface area contributed by atoms with Gasteiger partial charge in [0.25, 0.3) is 5.91 Å². The Morgan fingerprint density at radius 2 is 1.93 bits per heavy atom. The van der Waals surface area contributed by atoms with Gasteiger partial charge in [0.15, 0.2) is 0 Å². The van der Waals surface area contributed by atoms with Crippen LogP contribution in [-0.2, 0) is 6.42 Å². The van der Waals surface area contributed by atoms with Crippen LogP contribution in [0.5, 0.6) is 0 Å². The molecule has 0 spiro atoms. The number of piperidine rings is 1. The highest BCUT2D eigenvalue weighted by atomic mass is 16.1. The zero-order valence-electron chi connectivity index (χ0n) is 15.1. The highest BCUT2D eigenvalue weighted by Gasteiger charge is 2.25. The summed E-state index contributed by atoms with van der Waals surface area (Å²) in [5.41, 5.74) is 9.51. The Kier molecular flexibility index (Phi) is 4.87. The molecule has 3 N–H and O–H groups in total.